The Morgan fingerprint density at radius 2 is 2.27 bits per heavy atom. The molecule has 0 bridgehead atoms. The van der Waals surface area contributed by atoms with E-state index >= 15 is 0 Å². The fourth-order valence-electron chi connectivity index (χ4n) is 2.62. The van der Waals surface area contributed by atoms with Gasteiger partial charge in [-0.05, 0) is 6.07 Å². The van der Waals surface area contributed by atoms with E-state index in [4.69, 9.17) is 17.0 Å². The van der Waals surface area contributed by atoms with Gasteiger partial charge in [0, 0.05) is 12.3 Å². The van der Waals surface area contributed by atoms with Crippen LogP contribution in [0.3, 0.4) is 0 Å². The molecule has 0 aromatic carbocycles. The number of aliphatic hydroxyl groups excluding tert-OH is 3. The lowest BCUT2D eigenvalue weighted by molar-refractivity contribution is -0.0819. The van der Waals surface area contributed by atoms with Crippen LogP contribution in [0.1, 0.15) is 11.8 Å². The van der Waals surface area contributed by atoms with Crippen molar-refractivity contribution in [3.63, 3.8) is 0 Å². The van der Waals surface area contributed by atoms with Crippen LogP contribution in [0.15, 0.2) is 18.3 Å². The van der Waals surface area contributed by atoms with Gasteiger partial charge in [-0.1, -0.05) is 0 Å². The van der Waals surface area contributed by atoms with Gasteiger partial charge in [-0.25, -0.2) is 15.5 Å². The fourth-order valence-corrected chi connectivity index (χ4v) is 2.62. The van der Waals surface area contributed by atoms with Crippen molar-refractivity contribution in [1.82, 2.24) is 9.61 Å². The van der Waals surface area contributed by atoms with Crippen molar-refractivity contribution in [2.75, 3.05) is 12.3 Å². The van der Waals surface area contributed by atoms with Gasteiger partial charge in [0.15, 0.2) is 18.5 Å². The zero-order valence-electron chi connectivity index (χ0n) is 11.2. The highest BCUT2D eigenvalue weighted by Crippen LogP contribution is 2.41. The number of nitrogens with two attached hydrogens (primary N) is 1. The van der Waals surface area contributed by atoms with Crippen LogP contribution in [-0.4, -0.2) is 49.5 Å². The second kappa shape index (κ2) is 4.89. The van der Waals surface area contributed by atoms with Crippen LogP contribution in [0.5, 0.6) is 0 Å². The Bertz CT molecular complexity index is 773. The average Bonchev–Trinajstić information content (AvgIpc) is 2.98. The maximum atomic E-state index is 14.1. The summed E-state index contributed by atoms with van der Waals surface area (Å²) in [6, 6.07) is 2.48. The number of nitrogens with zero attached hydrogens (tertiary/aromatic N) is 3. The molecular weight excluding hydrogens is 295 g/mol. The Morgan fingerprint density at radius 1 is 1.55 bits per heavy atom. The number of nitrogen functional groups attached to an aromatic ring is 1. The average molecular weight is 308 g/mol. The van der Waals surface area contributed by atoms with Gasteiger partial charge in [0.25, 0.3) is 0 Å². The van der Waals surface area contributed by atoms with Gasteiger partial charge in [0.05, 0.1) is 11.4 Å². The van der Waals surface area contributed by atoms with Crippen molar-refractivity contribution in [3.8, 4) is 0 Å². The van der Waals surface area contributed by atoms with Gasteiger partial charge in [0.2, 0.25) is 0 Å². The fraction of sp³-hybridized carbons (Fsp3) is 0.385. The molecule has 0 radical (unpaired) electrons. The van der Waals surface area contributed by atoms with Gasteiger partial charge < -0.3 is 21.1 Å². The third kappa shape index (κ3) is 1.79. The first kappa shape index (κ1) is 14.7. The smallest absolute Gasteiger partial charge is 0.389 e. The standard InChI is InChI=1S/C13H13FN4O4/c1-16-13(5-19)12(21)10(20)11(22-13)8-4-6(14)9-7(15)2-3-17-18(8)9/h2-4,10-12,19-21H,5,15H2/t10-,11-,12-,13+/m0/s1. The lowest BCUT2D eigenvalue weighted by Crippen LogP contribution is -2.43. The van der Waals surface area contributed by atoms with E-state index in [1.54, 1.807) is 0 Å². The summed E-state index contributed by atoms with van der Waals surface area (Å²) in [5, 5.41) is 33.4. The topological polar surface area (TPSA) is 118 Å². The van der Waals surface area contributed by atoms with Crippen molar-refractivity contribution < 1.29 is 24.4 Å². The first-order valence-electron chi connectivity index (χ1n) is 6.40. The minimum atomic E-state index is -2.00. The number of anilines is 1. The molecule has 2 aromatic rings. The third-order valence-corrected chi connectivity index (χ3v) is 3.80. The van der Waals surface area contributed by atoms with Gasteiger partial charge in [-0.2, -0.15) is 5.10 Å². The molecule has 3 heterocycles. The molecule has 3 rings (SSSR count). The summed E-state index contributed by atoms with van der Waals surface area (Å²) in [5.41, 5.74) is 3.94. The molecule has 116 valence electrons. The van der Waals surface area contributed by atoms with Crippen molar-refractivity contribution in [1.29, 1.82) is 0 Å². The Kier molecular flexibility index (Phi) is 3.26. The van der Waals surface area contributed by atoms with E-state index in [0.29, 0.717) is 0 Å². The summed E-state index contributed by atoms with van der Waals surface area (Å²) in [6.07, 6.45) is -3.06. The van der Waals surface area contributed by atoms with E-state index < -0.39 is 36.5 Å². The molecule has 0 spiro atoms. The number of hydrogen-bond acceptors (Lipinski definition) is 6. The predicted molar refractivity (Wildman–Crippen MR) is 71.8 cm³/mol. The normalized spacial score (nSPS) is 31.5. The highest BCUT2D eigenvalue weighted by molar-refractivity contribution is 5.70. The molecule has 5 N–H and O–H groups in total. The third-order valence-electron chi connectivity index (χ3n) is 3.80. The number of hydrogen-bond donors (Lipinski definition) is 4. The Morgan fingerprint density at radius 3 is 2.86 bits per heavy atom. The van der Waals surface area contributed by atoms with Crippen LogP contribution in [0.4, 0.5) is 10.1 Å². The lowest BCUT2D eigenvalue weighted by atomic mass is 10.0. The van der Waals surface area contributed by atoms with E-state index in [2.05, 4.69) is 9.94 Å². The van der Waals surface area contributed by atoms with E-state index in [-0.39, 0.29) is 16.9 Å². The summed E-state index contributed by atoms with van der Waals surface area (Å²) in [6.45, 7) is 6.26. The largest absolute Gasteiger partial charge is 0.397 e. The summed E-state index contributed by atoms with van der Waals surface area (Å²) < 4.78 is 20.5. The maximum Gasteiger partial charge on any atom is 0.389 e. The summed E-state index contributed by atoms with van der Waals surface area (Å²) in [5.74, 6) is -0.671. The number of ether oxygens (including phenoxy) is 1. The second-order valence-corrected chi connectivity index (χ2v) is 5.05. The number of aliphatic hydroxyl groups is 3. The van der Waals surface area contributed by atoms with Crippen molar-refractivity contribution in [2.45, 2.75) is 24.0 Å². The zero-order chi connectivity index (χ0) is 16.1. The molecule has 9 heteroatoms. The van der Waals surface area contributed by atoms with Crippen molar-refractivity contribution in [2.24, 2.45) is 0 Å². The van der Waals surface area contributed by atoms with Crippen LogP contribution >= 0.6 is 0 Å². The van der Waals surface area contributed by atoms with E-state index in [1.165, 1.54) is 12.3 Å². The molecule has 0 saturated carbocycles. The van der Waals surface area contributed by atoms with E-state index in [0.717, 1.165) is 10.6 Å². The van der Waals surface area contributed by atoms with Crippen molar-refractivity contribution >= 4 is 11.2 Å². The monoisotopic (exact) mass is 308 g/mol. The maximum absolute atomic E-state index is 14.1. The molecule has 2 aromatic heterocycles. The van der Waals surface area contributed by atoms with Crippen LogP contribution in [0.2, 0.25) is 0 Å². The number of halogens is 1. The Balaban J connectivity index is 2.14. The molecule has 1 aliphatic rings. The molecule has 0 amide bonds. The Hall–Kier alpha value is -2.25. The quantitative estimate of drug-likeness (QED) is 0.553. The molecule has 0 unspecified atom stereocenters. The van der Waals surface area contributed by atoms with Gasteiger partial charge in [-0.15, -0.1) is 0 Å². The number of rotatable bonds is 2. The molecule has 4 atom stereocenters. The molecule has 0 aliphatic carbocycles. The first-order chi connectivity index (χ1) is 10.4. The second-order valence-electron chi connectivity index (χ2n) is 5.05. The first-order valence-corrected chi connectivity index (χ1v) is 6.40. The van der Waals surface area contributed by atoms with E-state index in [1.807, 2.05) is 0 Å². The SMILES string of the molecule is [C-]#[N+][C@]1(CO)O[C@@H](c2cc(F)c3c(N)ccnn23)[C@H](O)[C@@H]1O. The Labute approximate surface area is 124 Å². The van der Waals surface area contributed by atoms with Crippen molar-refractivity contribution in [3.05, 3.63) is 41.3 Å². The number of fused-ring (bicyclic) bond motifs is 1. The highest BCUT2D eigenvalue weighted by Gasteiger charge is 2.61. The van der Waals surface area contributed by atoms with Crippen LogP contribution in [0, 0.1) is 12.4 Å². The molecule has 1 fully saturated rings. The summed E-state index contributed by atoms with van der Waals surface area (Å²) >= 11 is 0. The van der Waals surface area contributed by atoms with E-state index in [9.17, 15) is 19.7 Å². The zero-order valence-corrected chi connectivity index (χ0v) is 11.2. The minimum Gasteiger partial charge on any atom is -0.397 e. The van der Waals surface area contributed by atoms with Crippen LogP contribution < -0.4 is 5.73 Å². The number of aromatic nitrogens is 2. The van der Waals surface area contributed by atoms with Gasteiger partial charge >= 0.3 is 5.72 Å². The molecule has 1 aliphatic heterocycles. The molecule has 8 nitrogen and oxygen atoms in total. The molecule has 1 saturated heterocycles. The van der Waals surface area contributed by atoms with Gasteiger partial charge in [-0.3, -0.25) is 9.58 Å². The predicted octanol–water partition coefficient (Wildman–Crippen LogP) is -0.543. The lowest BCUT2D eigenvalue weighted by Gasteiger charge is -2.16. The summed E-state index contributed by atoms with van der Waals surface area (Å²) in [7, 11) is 0. The minimum absolute atomic E-state index is 0.00657. The summed E-state index contributed by atoms with van der Waals surface area (Å²) in [4.78, 5) is 3.07. The highest BCUT2D eigenvalue weighted by atomic mass is 19.1. The van der Waals surface area contributed by atoms with Crippen LogP contribution in [0.25, 0.3) is 10.4 Å². The van der Waals surface area contributed by atoms with Crippen LogP contribution in [-0.2, 0) is 4.74 Å². The van der Waals surface area contributed by atoms with Gasteiger partial charge in [0.1, 0.15) is 17.7 Å². The molecule has 22 heavy (non-hydrogen) atoms. The molecular formula is C13H13FN4O4.